The number of hydrogen-bond donors (Lipinski definition) is 1. The molecule has 4 nitrogen and oxygen atoms in total. The van der Waals surface area contributed by atoms with Crippen LogP contribution < -0.4 is 10.1 Å². The van der Waals surface area contributed by atoms with Gasteiger partial charge >= 0.3 is 0 Å². The number of hydrogen-bond acceptors (Lipinski definition) is 3. The highest BCUT2D eigenvalue weighted by molar-refractivity contribution is 5.94. The zero-order chi connectivity index (χ0) is 13.2. The largest absolute Gasteiger partial charge is 0.497 e. The van der Waals surface area contributed by atoms with Gasteiger partial charge in [-0.25, -0.2) is 0 Å². The molecule has 1 N–H and O–H groups in total. The highest BCUT2D eigenvalue weighted by Gasteiger charge is 2.34. The number of rotatable bonds is 2. The van der Waals surface area contributed by atoms with Crippen LogP contribution in [-0.4, -0.2) is 44.1 Å². The molecule has 2 saturated heterocycles. The molecule has 1 aromatic carbocycles. The van der Waals surface area contributed by atoms with Crippen LogP contribution >= 0.6 is 12.4 Å². The van der Waals surface area contributed by atoms with Crippen molar-refractivity contribution < 1.29 is 9.53 Å². The van der Waals surface area contributed by atoms with Gasteiger partial charge in [0.1, 0.15) is 5.75 Å². The molecule has 2 aliphatic rings. The lowest BCUT2D eigenvalue weighted by Crippen LogP contribution is -2.43. The summed E-state index contributed by atoms with van der Waals surface area (Å²) in [6.45, 7) is 3.95. The van der Waals surface area contributed by atoms with Crippen LogP contribution in [0.2, 0.25) is 0 Å². The zero-order valence-electron chi connectivity index (χ0n) is 11.7. The Kier molecular flexibility index (Phi) is 4.89. The number of ether oxygens (including phenoxy) is 1. The normalized spacial score (nSPS) is 24.8. The summed E-state index contributed by atoms with van der Waals surface area (Å²) in [7, 11) is 1.63. The van der Waals surface area contributed by atoms with Gasteiger partial charge in [-0.2, -0.15) is 0 Å². The second kappa shape index (κ2) is 6.46. The molecular weight excluding hydrogens is 276 g/mol. The number of benzene rings is 1. The number of likely N-dealkylation sites (tertiary alicyclic amines) is 1. The van der Waals surface area contributed by atoms with E-state index in [1.54, 1.807) is 7.11 Å². The maximum atomic E-state index is 12.5. The Bertz CT molecular complexity index is 463. The van der Waals surface area contributed by atoms with E-state index in [1.807, 2.05) is 29.2 Å². The van der Waals surface area contributed by atoms with Gasteiger partial charge in [0.05, 0.1) is 7.11 Å². The summed E-state index contributed by atoms with van der Waals surface area (Å²) < 4.78 is 5.12. The Morgan fingerprint density at radius 3 is 2.65 bits per heavy atom. The van der Waals surface area contributed by atoms with Crippen LogP contribution in [0.4, 0.5) is 0 Å². The minimum Gasteiger partial charge on any atom is -0.497 e. The number of piperidine rings is 1. The van der Waals surface area contributed by atoms with Gasteiger partial charge in [-0.3, -0.25) is 4.79 Å². The molecule has 2 unspecified atom stereocenters. The molecule has 1 aromatic rings. The van der Waals surface area contributed by atoms with Crippen molar-refractivity contribution in [3.05, 3.63) is 29.8 Å². The molecule has 2 heterocycles. The van der Waals surface area contributed by atoms with E-state index in [0.29, 0.717) is 5.92 Å². The molecule has 2 fully saturated rings. The third kappa shape index (κ3) is 2.91. The monoisotopic (exact) mass is 296 g/mol. The third-order valence-electron chi connectivity index (χ3n) is 4.33. The molecule has 2 atom stereocenters. The summed E-state index contributed by atoms with van der Waals surface area (Å²) in [4.78, 5) is 14.4. The van der Waals surface area contributed by atoms with Crippen molar-refractivity contribution in [2.45, 2.75) is 6.42 Å². The van der Waals surface area contributed by atoms with Gasteiger partial charge < -0.3 is 15.0 Å². The number of nitrogens with zero attached hydrogens (tertiary/aromatic N) is 1. The van der Waals surface area contributed by atoms with E-state index in [9.17, 15) is 4.79 Å². The molecular formula is C15H21ClN2O2. The van der Waals surface area contributed by atoms with E-state index in [1.165, 1.54) is 0 Å². The topological polar surface area (TPSA) is 41.6 Å². The molecule has 0 spiro atoms. The van der Waals surface area contributed by atoms with Crippen LogP contribution in [0.3, 0.4) is 0 Å². The van der Waals surface area contributed by atoms with Crippen LogP contribution in [0.1, 0.15) is 16.8 Å². The number of fused-ring (bicyclic) bond motifs is 1. The second-order valence-corrected chi connectivity index (χ2v) is 5.45. The van der Waals surface area contributed by atoms with Gasteiger partial charge in [-0.1, -0.05) is 0 Å². The van der Waals surface area contributed by atoms with Crippen molar-refractivity contribution >= 4 is 18.3 Å². The summed E-state index contributed by atoms with van der Waals surface area (Å²) in [5.74, 6) is 2.33. The lowest BCUT2D eigenvalue weighted by Gasteiger charge is -2.34. The predicted octanol–water partition coefficient (Wildman–Crippen LogP) is 1.80. The molecule has 3 rings (SSSR count). The van der Waals surface area contributed by atoms with E-state index in [-0.39, 0.29) is 18.3 Å². The number of nitrogens with one attached hydrogen (secondary N) is 1. The van der Waals surface area contributed by atoms with E-state index in [0.717, 1.165) is 49.8 Å². The average Bonchev–Trinajstić information content (AvgIpc) is 2.94. The third-order valence-corrected chi connectivity index (χ3v) is 4.33. The molecule has 1 amide bonds. The summed E-state index contributed by atoms with van der Waals surface area (Å²) in [5, 5.41) is 3.42. The van der Waals surface area contributed by atoms with Crippen molar-refractivity contribution in [3.8, 4) is 5.75 Å². The predicted molar refractivity (Wildman–Crippen MR) is 80.6 cm³/mol. The first-order valence-corrected chi connectivity index (χ1v) is 6.92. The van der Waals surface area contributed by atoms with Gasteiger partial charge in [-0.05, 0) is 55.6 Å². The molecule has 0 radical (unpaired) electrons. The van der Waals surface area contributed by atoms with Crippen LogP contribution in [-0.2, 0) is 0 Å². The molecule has 0 aliphatic carbocycles. The molecule has 2 aliphatic heterocycles. The van der Waals surface area contributed by atoms with Crippen molar-refractivity contribution in [1.29, 1.82) is 0 Å². The number of amides is 1. The number of carbonyl (C=O) groups is 1. The molecule has 0 bridgehead atoms. The fraction of sp³-hybridized carbons (Fsp3) is 0.533. The maximum Gasteiger partial charge on any atom is 0.253 e. The standard InChI is InChI=1S/C15H20N2O2.ClH/c1-19-14-4-2-11(3-5-14)15(18)17-7-6-12-8-16-9-13(12)10-17;/h2-5,12-13,16H,6-10H2,1H3;1H. The summed E-state index contributed by atoms with van der Waals surface area (Å²) in [6.07, 6.45) is 1.12. The lowest BCUT2D eigenvalue weighted by molar-refractivity contribution is 0.0642. The lowest BCUT2D eigenvalue weighted by atomic mass is 9.88. The smallest absolute Gasteiger partial charge is 0.253 e. The van der Waals surface area contributed by atoms with Crippen molar-refractivity contribution in [1.82, 2.24) is 10.2 Å². The van der Waals surface area contributed by atoms with Gasteiger partial charge in [0.25, 0.3) is 5.91 Å². The Balaban J connectivity index is 0.00000147. The van der Waals surface area contributed by atoms with Crippen LogP contribution in [0.15, 0.2) is 24.3 Å². The Labute approximate surface area is 125 Å². The Hall–Kier alpha value is -1.26. The Morgan fingerprint density at radius 1 is 1.25 bits per heavy atom. The second-order valence-electron chi connectivity index (χ2n) is 5.45. The van der Waals surface area contributed by atoms with Crippen LogP contribution in [0.5, 0.6) is 5.75 Å². The summed E-state index contributed by atoms with van der Waals surface area (Å²) in [6, 6.07) is 7.38. The van der Waals surface area contributed by atoms with Gasteiger partial charge in [-0.15, -0.1) is 12.4 Å². The molecule has 0 aromatic heterocycles. The number of methoxy groups -OCH3 is 1. The SMILES string of the molecule is COc1ccc(C(=O)N2CCC3CNCC3C2)cc1.Cl. The summed E-state index contributed by atoms with van der Waals surface area (Å²) >= 11 is 0. The first kappa shape index (κ1) is 15.1. The molecule has 110 valence electrons. The minimum atomic E-state index is 0. The maximum absolute atomic E-state index is 12.5. The number of carbonyl (C=O) groups excluding carboxylic acids is 1. The van der Waals surface area contributed by atoms with E-state index < -0.39 is 0 Å². The molecule has 0 saturated carbocycles. The fourth-order valence-electron chi connectivity index (χ4n) is 3.14. The molecule has 20 heavy (non-hydrogen) atoms. The van der Waals surface area contributed by atoms with Gasteiger partial charge in [0.2, 0.25) is 0 Å². The van der Waals surface area contributed by atoms with Gasteiger partial charge in [0, 0.05) is 18.7 Å². The van der Waals surface area contributed by atoms with Crippen molar-refractivity contribution in [2.24, 2.45) is 11.8 Å². The highest BCUT2D eigenvalue weighted by atomic mass is 35.5. The van der Waals surface area contributed by atoms with Crippen LogP contribution in [0, 0.1) is 11.8 Å². The molecule has 5 heteroatoms. The fourth-order valence-corrected chi connectivity index (χ4v) is 3.14. The highest BCUT2D eigenvalue weighted by Crippen LogP contribution is 2.27. The first-order chi connectivity index (χ1) is 9.28. The quantitative estimate of drug-likeness (QED) is 0.905. The zero-order valence-corrected chi connectivity index (χ0v) is 12.5. The Morgan fingerprint density at radius 2 is 1.95 bits per heavy atom. The van der Waals surface area contributed by atoms with E-state index in [2.05, 4.69) is 5.32 Å². The van der Waals surface area contributed by atoms with Crippen LogP contribution in [0.25, 0.3) is 0 Å². The first-order valence-electron chi connectivity index (χ1n) is 6.92. The minimum absolute atomic E-state index is 0. The van der Waals surface area contributed by atoms with Crippen molar-refractivity contribution in [3.63, 3.8) is 0 Å². The van der Waals surface area contributed by atoms with Crippen molar-refractivity contribution in [2.75, 3.05) is 33.3 Å². The van der Waals surface area contributed by atoms with E-state index >= 15 is 0 Å². The number of halogens is 1. The van der Waals surface area contributed by atoms with Gasteiger partial charge in [0.15, 0.2) is 0 Å². The average molecular weight is 297 g/mol. The summed E-state index contributed by atoms with van der Waals surface area (Å²) in [5.41, 5.74) is 0.755. The van der Waals surface area contributed by atoms with E-state index in [4.69, 9.17) is 4.74 Å².